The highest BCUT2D eigenvalue weighted by Crippen LogP contribution is 2.33. The molecule has 2 aromatic carbocycles. The van der Waals surface area contributed by atoms with Crippen LogP contribution in [0.5, 0.6) is 0 Å². The van der Waals surface area contributed by atoms with E-state index >= 15 is 8.78 Å². The maximum absolute atomic E-state index is 15.2. The molecule has 4 aromatic rings. The Morgan fingerprint density at radius 1 is 1.00 bits per heavy atom. The van der Waals surface area contributed by atoms with E-state index in [2.05, 4.69) is 34.6 Å². The predicted molar refractivity (Wildman–Crippen MR) is 179 cm³/mol. The Morgan fingerprint density at radius 2 is 1.67 bits per heavy atom. The number of aromatic nitrogens is 4. The first-order valence-corrected chi connectivity index (χ1v) is 16.3. The van der Waals surface area contributed by atoms with Gasteiger partial charge in [0.1, 0.15) is 0 Å². The second kappa shape index (κ2) is 14.7. The van der Waals surface area contributed by atoms with Crippen molar-refractivity contribution in [2.24, 2.45) is 13.0 Å². The molecule has 14 heteroatoms. The number of hydrogen-bond donors (Lipinski definition) is 3. The Balaban J connectivity index is 1.22. The number of rotatable bonds is 10. The van der Waals surface area contributed by atoms with Crippen LogP contribution in [0.15, 0.2) is 42.7 Å². The first-order valence-electron chi connectivity index (χ1n) is 15.9. The van der Waals surface area contributed by atoms with Gasteiger partial charge in [-0.05, 0) is 37.6 Å². The zero-order chi connectivity index (χ0) is 34.7. The SMILES string of the molecule is CCC(CC[NH+](C)C)C(=O)N1CCN(C(=O)c2ccc(NC(=O)c3ncc(-c4ccc(-c5cn[nH]c5C)c(F)c4F)n3C)cc2Cl)CC1. The van der Waals surface area contributed by atoms with E-state index in [0.717, 1.165) is 19.4 Å². The van der Waals surface area contributed by atoms with Gasteiger partial charge in [0.05, 0.1) is 49.3 Å². The van der Waals surface area contributed by atoms with Gasteiger partial charge in [0.15, 0.2) is 17.5 Å². The highest BCUT2D eigenvalue weighted by molar-refractivity contribution is 6.34. The molecule has 11 nitrogen and oxygen atoms in total. The summed E-state index contributed by atoms with van der Waals surface area (Å²) < 4.78 is 31.7. The van der Waals surface area contributed by atoms with E-state index in [0.29, 0.717) is 43.1 Å². The van der Waals surface area contributed by atoms with Crippen LogP contribution >= 0.6 is 11.6 Å². The van der Waals surface area contributed by atoms with Crippen LogP contribution in [-0.4, -0.2) is 94.1 Å². The summed E-state index contributed by atoms with van der Waals surface area (Å²) in [5, 5.41) is 9.44. The number of aryl methyl sites for hydroxylation is 1. The lowest BCUT2D eigenvalue weighted by molar-refractivity contribution is -0.858. The number of H-pyrrole nitrogens is 1. The third-order valence-corrected chi connectivity index (χ3v) is 9.15. The van der Waals surface area contributed by atoms with Crippen LogP contribution in [0.3, 0.4) is 0 Å². The molecule has 1 saturated heterocycles. The van der Waals surface area contributed by atoms with Crippen LogP contribution in [0, 0.1) is 24.5 Å². The molecule has 1 fully saturated rings. The number of piperazine rings is 1. The molecular formula is C34H40ClF2N8O3+. The summed E-state index contributed by atoms with van der Waals surface area (Å²) in [4.78, 5) is 48.5. The van der Waals surface area contributed by atoms with Gasteiger partial charge in [-0.2, -0.15) is 5.10 Å². The third-order valence-electron chi connectivity index (χ3n) is 8.84. The lowest BCUT2D eigenvalue weighted by Gasteiger charge is -2.36. The number of halogens is 3. The van der Waals surface area contributed by atoms with E-state index in [1.807, 2.05) is 11.8 Å². The van der Waals surface area contributed by atoms with Crippen molar-refractivity contribution in [3.05, 3.63) is 76.5 Å². The molecule has 5 rings (SSSR count). The molecule has 3 heterocycles. The van der Waals surface area contributed by atoms with Gasteiger partial charge in [0.2, 0.25) is 5.91 Å². The number of anilines is 1. The zero-order valence-electron chi connectivity index (χ0n) is 27.7. The minimum absolute atomic E-state index is 0.0232. The fraction of sp³-hybridized carbons (Fsp3) is 0.382. The lowest BCUT2D eigenvalue weighted by Crippen LogP contribution is -3.05. The van der Waals surface area contributed by atoms with E-state index in [4.69, 9.17) is 11.6 Å². The van der Waals surface area contributed by atoms with E-state index in [1.54, 1.807) is 24.0 Å². The second-order valence-electron chi connectivity index (χ2n) is 12.3. The van der Waals surface area contributed by atoms with E-state index in [-0.39, 0.29) is 51.0 Å². The highest BCUT2D eigenvalue weighted by Gasteiger charge is 2.30. The molecule has 0 saturated carbocycles. The number of nitrogens with one attached hydrogen (secondary N) is 3. The van der Waals surface area contributed by atoms with Crippen molar-refractivity contribution >= 4 is 35.0 Å². The van der Waals surface area contributed by atoms with Crippen molar-refractivity contribution in [1.29, 1.82) is 0 Å². The minimum atomic E-state index is -1.07. The van der Waals surface area contributed by atoms with Crippen molar-refractivity contribution in [2.45, 2.75) is 26.7 Å². The molecular weight excluding hydrogens is 642 g/mol. The van der Waals surface area contributed by atoms with Crippen LogP contribution in [0.4, 0.5) is 14.5 Å². The molecule has 1 aliphatic heterocycles. The minimum Gasteiger partial charge on any atom is -0.340 e. The van der Waals surface area contributed by atoms with Gasteiger partial charge >= 0.3 is 0 Å². The van der Waals surface area contributed by atoms with Crippen molar-refractivity contribution in [3.8, 4) is 22.4 Å². The molecule has 3 N–H and O–H groups in total. The lowest BCUT2D eigenvalue weighted by atomic mass is 10.00. The summed E-state index contributed by atoms with van der Waals surface area (Å²) in [6, 6.07) is 7.46. The summed E-state index contributed by atoms with van der Waals surface area (Å²) in [5.41, 5.74) is 1.85. The number of benzene rings is 2. The molecule has 0 aliphatic carbocycles. The number of aromatic amines is 1. The summed E-state index contributed by atoms with van der Waals surface area (Å²) >= 11 is 6.51. The van der Waals surface area contributed by atoms with Crippen molar-refractivity contribution in [2.75, 3.05) is 52.1 Å². The summed E-state index contributed by atoms with van der Waals surface area (Å²) in [6.07, 6.45) is 4.33. The van der Waals surface area contributed by atoms with E-state index < -0.39 is 17.5 Å². The Hall–Kier alpha value is -4.62. The van der Waals surface area contributed by atoms with Crippen LogP contribution in [-0.2, 0) is 11.8 Å². The molecule has 48 heavy (non-hydrogen) atoms. The van der Waals surface area contributed by atoms with Crippen LogP contribution in [0.1, 0.15) is 46.4 Å². The monoisotopic (exact) mass is 681 g/mol. The maximum atomic E-state index is 15.2. The van der Waals surface area contributed by atoms with Gasteiger partial charge < -0.3 is 24.6 Å². The molecule has 1 unspecified atom stereocenters. The van der Waals surface area contributed by atoms with Gasteiger partial charge in [0, 0.05) is 73.6 Å². The number of carbonyl (C=O) groups is 3. The van der Waals surface area contributed by atoms with Gasteiger partial charge in [-0.25, -0.2) is 13.8 Å². The molecule has 0 spiro atoms. The number of carbonyl (C=O) groups excluding carboxylic acids is 3. The fourth-order valence-electron chi connectivity index (χ4n) is 5.93. The molecule has 0 radical (unpaired) electrons. The number of quaternary nitrogens is 1. The molecule has 0 bridgehead atoms. The van der Waals surface area contributed by atoms with Gasteiger partial charge in [-0.3, -0.25) is 19.5 Å². The molecule has 2 aromatic heterocycles. The maximum Gasteiger partial charge on any atom is 0.291 e. The number of amides is 3. The largest absolute Gasteiger partial charge is 0.340 e. The Morgan fingerprint density at radius 3 is 2.29 bits per heavy atom. The van der Waals surface area contributed by atoms with Crippen molar-refractivity contribution < 1.29 is 28.1 Å². The summed E-state index contributed by atoms with van der Waals surface area (Å²) in [6.45, 7) is 6.36. The summed E-state index contributed by atoms with van der Waals surface area (Å²) in [5.74, 6) is -2.91. The van der Waals surface area contributed by atoms with Gasteiger partial charge in [-0.1, -0.05) is 24.6 Å². The smallest absolute Gasteiger partial charge is 0.291 e. The molecule has 1 atom stereocenters. The highest BCUT2D eigenvalue weighted by atomic mass is 35.5. The Bertz CT molecular complexity index is 1830. The van der Waals surface area contributed by atoms with E-state index in [1.165, 1.54) is 47.1 Å². The van der Waals surface area contributed by atoms with Crippen LogP contribution < -0.4 is 10.2 Å². The Labute approximate surface area is 282 Å². The second-order valence-corrected chi connectivity index (χ2v) is 12.7. The topological polar surface area (TPSA) is 121 Å². The van der Waals surface area contributed by atoms with Crippen LogP contribution in [0.25, 0.3) is 22.4 Å². The van der Waals surface area contributed by atoms with E-state index in [9.17, 15) is 14.4 Å². The third kappa shape index (κ3) is 7.12. The van der Waals surface area contributed by atoms with Gasteiger partial charge in [0.25, 0.3) is 11.8 Å². The van der Waals surface area contributed by atoms with Gasteiger partial charge in [-0.15, -0.1) is 0 Å². The molecule has 1 aliphatic rings. The number of hydrogen-bond acceptors (Lipinski definition) is 5. The molecule has 254 valence electrons. The number of nitrogens with zero attached hydrogens (tertiary/aromatic N) is 5. The predicted octanol–water partition coefficient (Wildman–Crippen LogP) is 3.81. The summed E-state index contributed by atoms with van der Waals surface area (Å²) in [7, 11) is 5.67. The fourth-order valence-corrected chi connectivity index (χ4v) is 6.19. The first-order chi connectivity index (χ1) is 22.9. The standard InChI is InChI=1S/C34H39ClF2N8O3/c1-6-21(11-12-42(3)4)33(47)44-13-15-45(16-14-44)34(48)24-8-7-22(17-27(24)35)40-32(46)31-38-19-28(43(31)5)25-10-9-23(29(36)30(25)37)26-18-39-41-20(26)2/h7-10,17-19,21H,6,11-16H2,1-5H3,(H,39,41)(H,40,46)/p+1. The quantitative estimate of drug-likeness (QED) is 0.235. The zero-order valence-corrected chi connectivity index (χ0v) is 28.4. The van der Waals surface area contributed by atoms with Crippen molar-refractivity contribution in [3.63, 3.8) is 0 Å². The normalized spacial score (nSPS) is 14.0. The average molecular weight is 682 g/mol. The van der Waals surface area contributed by atoms with Crippen molar-refractivity contribution in [1.82, 2.24) is 29.5 Å². The first kappa shape index (κ1) is 34.7. The Kier molecular flexibility index (Phi) is 10.6. The average Bonchev–Trinajstić information content (AvgIpc) is 3.67. The number of imidazole rings is 1. The van der Waals surface area contributed by atoms with Crippen LogP contribution in [0.2, 0.25) is 5.02 Å². The molecule has 3 amide bonds.